The van der Waals surface area contributed by atoms with Gasteiger partial charge in [0.1, 0.15) is 11.6 Å². The molecule has 0 fully saturated rings. The fourth-order valence-corrected chi connectivity index (χ4v) is 1.48. The molecule has 0 atom stereocenters. The Morgan fingerprint density at radius 1 is 1.35 bits per heavy atom. The van der Waals surface area contributed by atoms with E-state index in [0.29, 0.717) is 0 Å². The van der Waals surface area contributed by atoms with Crippen molar-refractivity contribution in [1.82, 2.24) is 0 Å². The summed E-state index contributed by atoms with van der Waals surface area (Å²) in [5.74, 6) is -3.44. The first-order chi connectivity index (χ1) is 7.88. The predicted molar refractivity (Wildman–Crippen MR) is 59.0 cm³/mol. The van der Waals surface area contributed by atoms with E-state index < -0.39 is 17.6 Å². The maximum absolute atomic E-state index is 13.6. The molecule has 17 heavy (non-hydrogen) atoms. The van der Waals surface area contributed by atoms with Crippen molar-refractivity contribution in [2.45, 2.75) is 19.8 Å². The minimum absolute atomic E-state index is 0.0701. The summed E-state index contributed by atoms with van der Waals surface area (Å²) in [6.07, 6.45) is 0. The fraction of sp³-hybridized carbons (Fsp3) is 0.333. The number of halogens is 1. The highest BCUT2D eigenvalue weighted by molar-refractivity contribution is 6.40. The number of aliphatic carboxylic acids is 1. The van der Waals surface area contributed by atoms with Crippen molar-refractivity contribution in [1.29, 1.82) is 0 Å². The normalized spacial score (nSPS) is 10.4. The number of benzene rings is 1. The Hall–Kier alpha value is -1.91. The summed E-state index contributed by atoms with van der Waals surface area (Å²) in [5.41, 5.74) is 0.153. The van der Waals surface area contributed by atoms with Gasteiger partial charge in [-0.25, -0.2) is 9.18 Å². The summed E-state index contributed by atoms with van der Waals surface area (Å²) in [6, 6.07) is 2.26. The zero-order valence-corrected chi connectivity index (χ0v) is 9.78. The monoisotopic (exact) mass is 240 g/mol. The van der Waals surface area contributed by atoms with E-state index in [0.717, 1.165) is 6.07 Å². The minimum atomic E-state index is -1.59. The molecule has 0 aliphatic heterocycles. The number of hydrogen-bond donors (Lipinski definition) is 1. The molecule has 92 valence electrons. The number of Topliss-reactive ketones (excluding diaryl/α,β-unsaturated/α-hetero) is 1. The molecule has 1 aromatic carbocycles. The summed E-state index contributed by atoms with van der Waals surface area (Å²) in [4.78, 5) is 22.0. The highest BCUT2D eigenvalue weighted by Crippen LogP contribution is 2.27. The highest BCUT2D eigenvalue weighted by Gasteiger charge is 2.22. The molecule has 1 rings (SSSR count). The third kappa shape index (κ3) is 2.61. The number of ether oxygens (including phenoxy) is 1. The van der Waals surface area contributed by atoms with Crippen LogP contribution in [0, 0.1) is 5.82 Å². The lowest BCUT2D eigenvalue weighted by Crippen LogP contribution is -2.15. The van der Waals surface area contributed by atoms with Gasteiger partial charge in [0.05, 0.1) is 12.7 Å². The number of carboxylic acids is 1. The number of methoxy groups -OCH3 is 1. The smallest absolute Gasteiger partial charge is 0.377 e. The van der Waals surface area contributed by atoms with E-state index in [1.165, 1.54) is 13.2 Å². The van der Waals surface area contributed by atoms with Crippen LogP contribution in [0.15, 0.2) is 12.1 Å². The molecule has 0 saturated carbocycles. The molecule has 4 nitrogen and oxygen atoms in total. The molecule has 0 saturated heterocycles. The SMILES string of the molecule is COc1cc(F)c(C(C)C)cc1C(=O)C(=O)O. The first-order valence-electron chi connectivity index (χ1n) is 5.03. The number of carboxylic acid groups (broad SMARTS) is 1. The van der Waals surface area contributed by atoms with Crippen LogP contribution in [0.3, 0.4) is 0 Å². The Bertz CT molecular complexity index is 466. The van der Waals surface area contributed by atoms with Crippen LogP contribution in [0.4, 0.5) is 4.39 Å². The van der Waals surface area contributed by atoms with Gasteiger partial charge in [-0.3, -0.25) is 4.79 Å². The van der Waals surface area contributed by atoms with E-state index in [-0.39, 0.29) is 22.8 Å². The number of ketones is 1. The van der Waals surface area contributed by atoms with Gasteiger partial charge in [0.15, 0.2) is 0 Å². The maximum Gasteiger partial charge on any atom is 0.377 e. The quantitative estimate of drug-likeness (QED) is 0.647. The third-order valence-corrected chi connectivity index (χ3v) is 2.38. The van der Waals surface area contributed by atoms with Crippen LogP contribution < -0.4 is 4.74 Å². The maximum atomic E-state index is 13.6. The summed E-state index contributed by atoms with van der Waals surface area (Å²) in [5, 5.41) is 8.66. The van der Waals surface area contributed by atoms with E-state index in [9.17, 15) is 14.0 Å². The van der Waals surface area contributed by atoms with Crippen molar-refractivity contribution >= 4 is 11.8 Å². The average Bonchev–Trinajstić information content (AvgIpc) is 2.26. The molecule has 0 bridgehead atoms. The van der Waals surface area contributed by atoms with Crippen LogP contribution in [0.2, 0.25) is 0 Å². The van der Waals surface area contributed by atoms with E-state index in [1.54, 1.807) is 13.8 Å². The van der Waals surface area contributed by atoms with E-state index in [2.05, 4.69) is 0 Å². The van der Waals surface area contributed by atoms with E-state index >= 15 is 0 Å². The Morgan fingerprint density at radius 2 is 1.94 bits per heavy atom. The second kappa shape index (κ2) is 4.95. The molecular formula is C12H13FO4. The van der Waals surface area contributed by atoms with Gasteiger partial charge in [-0.15, -0.1) is 0 Å². The molecular weight excluding hydrogens is 227 g/mol. The van der Waals surface area contributed by atoms with Gasteiger partial charge in [0.25, 0.3) is 5.78 Å². The number of hydrogen-bond acceptors (Lipinski definition) is 3. The van der Waals surface area contributed by atoms with Crippen molar-refractivity contribution in [3.63, 3.8) is 0 Å². The first-order valence-corrected chi connectivity index (χ1v) is 5.03. The van der Waals surface area contributed by atoms with E-state index in [4.69, 9.17) is 9.84 Å². The second-order valence-electron chi connectivity index (χ2n) is 3.86. The van der Waals surface area contributed by atoms with Gasteiger partial charge in [0, 0.05) is 6.07 Å². The zero-order chi connectivity index (χ0) is 13.2. The molecule has 1 N–H and O–H groups in total. The van der Waals surface area contributed by atoms with Gasteiger partial charge < -0.3 is 9.84 Å². The van der Waals surface area contributed by atoms with Crippen LogP contribution in [-0.4, -0.2) is 24.0 Å². The molecule has 0 amide bonds. The van der Waals surface area contributed by atoms with Crippen LogP contribution >= 0.6 is 0 Å². The summed E-state index contributed by atoms with van der Waals surface area (Å²) >= 11 is 0. The van der Waals surface area contributed by atoms with Crippen molar-refractivity contribution in [2.24, 2.45) is 0 Å². The van der Waals surface area contributed by atoms with Crippen molar-refractivity contribution in [3.8, 4) is 5.75 Å². The lowest BCUT2D eigenvalue weighted by molar-refractivity contribution is -0.131. The Labute approximate surface area is 98.0 Å². The minimum Gasteiger partial charge on any atom is -0.496 e. The highest BCUT2D eigenvalue weighted by atomic mass is 19.1. The molecule has 0 heterocycles. The second-order valence-corrected chi connectivity index (χ2v) is 3.86. The summed E-state index contributed by atoms with van der Waals surface area (Å²) in [7, 11) is 1.25. The predicted octanol–water partition coefficient (Wildman–Crippen LogP) is 2.22. The lowest BCUT2D eigenvalue weighted by Gasteiger charge is -2.12. The standard InChI is InChI=1S/C12H13FO4/c1-6(2)7-4-8(11(14)12(15)16)10(17-3)5-9(7)13/h4-6H,1-3H3,(H,15,16). The van der Waals surface area contributed by atoms with Crippen LogP contribution in [0.25, 0.3) is 0 Å². The molecule has 1 aromatic rings. The third-order valence-electron chi connectivity index (χ3n) is 2.38. The largest absolute Gasteiger partial charge is 0.496 e. The number of carbonyl (C=O) groups is 2. The van der Waals surface area contributed by atoms with Gasteiger partial charge in [0.2, 0.25) is 0 Å². The fourth-order valence-electron chi connectivity index (χ4n) is 1.48. The molecule has 0 spiro atoms. The molecule has 0 unspecified atom stereocenters. The zero-order valence-electron chi connectivity index (χ0n) is 9.78. The van der Waals surface area contributed by atoms with Gasteiger partial charge in [-0.1, -0.05) is 13.8 Å². The van der Waals surface area contributed by atoms with Crippen molar-refractivity contribution in [2.75, 3.05) is 7.11 Å². The van der Waals surface area contributed by atoms with Gasteiger partial charge in [-0.05, 0) is 17.5 Å². The van der Waals surface area contributed by atoms with Gasteiger partial charge >= 0.3 is 5.97 Å². The Kier molecular flexibility index (Phi) is 3.83. The van der Waals surface area contributed by atoms with E-state index in [1.807, 2.05) is 0 Å². The molecule has 0 radical (unpaired) electrons. The summed E-state index contributed by atoms with van der Waals surface area (Å²) in [6.45, 7) is 3.50. The van der Waals surface area contributed by atoms with Crippen LogP contribution in [0.1, 0.15) is 35.7 Å². The average molecular weight is 240 g/mol. The molecule has 0 aromatic heterocycles. The Morgan fingerprint density at radius 3 is 2.35 bits per heavy atom. The number of rotatable bonds is 4. The topological polar surface area (TPSA) is 63.6 Å². The van der Waals surface area contributed by atoms with Crippen molar-refractivity contribution < 1.29 is 23.8 Å². The van der Waals surface area contributed by atoms with Crippen LogP contribution in [-0.2, 0) is 4.79 Å². The van der Waals surface area contributed by atoms with Crippen molar-refractivity contribution in [3.05, 3.63) is 29.1 Å². The number of carbonyl (C=O) groups excluding carboxylic acids is 1. The molecule has 0 aliphatic carbocycles. The van der Waals surface area contributed by atoms with Gasteiger partial charge in [-0.2, -0.15) is 0 Å². The molecule has 0 aliphatic rings. The van der Waals surface area contributed by atoms with Crippen LogP contribution in [0.5, 0.6) is 5.75 Å². The first kappa shape index (κ1) is 13.2. The lowest BCUT2D eigenvalue weighted by atomic mass is 9.97. The Balaban J connectivity index is 3.41. The molecule has 5 heteroatoms. The summed E-state index contributed by atoms with van der Waals surface area (Å²) < 4.78 is 18.4.